The van der Waals surface area contributed by atoms with E-state index in [1.807, 2.05) is 68.4 Å². The quantitative estimate of drug-likeness (QED) is 0.520. The number of hydrogen-bond donors (Lipinski definition) is 0. The molecule has 0 radical (unpaired) electrons. The lowest BCUT2D eigenvalue weighted by Crippen LogP contribution is -2.36. The standard InChI is InChI=1S/C23H27N3O3/c1-3-14-26(22(27)17-28-16-19-7-5-4-6-8-19)15-13-21-24-23(25-29-21)20-11-9-18(2)10-12-20/h4-12H,3,13-17H2,1-2H3. The van der Waals surface area contributed by atoms with Gasteiger partial charge in [-0.3, -0.25) is 4.79 Å². The van der Waals surface area contributed by atoms with E-state index in [-0.39, 0.29) is 12.5 Å². The SMILES string of the molecule is CCCN(CCc1nc(-c2ccc(C)cc2)no1)C(=O)COCc1ccccc1. The molecule has 0 atom stereocenters. The van der Waals surface area contributed by atoms with Crippen LogP contribution in [0.2, 0.25) is 0 Å². The van der Waals surface area contributed by atoms with Gasteiger partial charge >= 0.3 is 0 Å². The molecule has 1 aromatic heterocycles. The Morgan fingerprint density at radius 2 is 1.83 bits per heavy atom. The van der Waals surface area contributed by atoms with E-state index in [0.717, 1.165) is 17.5 Å². The van der Waals surface area contributed by atoms with E-state index >= 15 is 0 Å². The maximum Gasteiger partial charge on any atom is 0.248 e. The van der Waals surface area contributed by atoms with Crippen molar-refractivity contribution in [2.45, 2.75) is 33.3 Å². The van der Waals surface area contributed by atoms with Gasteiger partial charge in [0.1, 0.15) is 6.61 Å². The first-order valence-electron chi connectivity index (χ1n) is 9.94. The number of carbonyl (C=O) groups excluding carboxylic acids is 1. The number of aromatic nitrogens is 2. The lowest BCUT2D eigenvalue weighted by atomic mass is 10.1. The Balaban J connectivity index is 1.51. The molecule has 29 heavy (non-hydrogen) atoms. The number of hydrogen-bond acceptors (Lipinski definition) is 5. The zero-order valence-electron chi connectivity index (χ0n) is 17.0. The second kappa shape index (κ2) is 10.5. The van der Waals surface area contributed by atoms with Crippen LogP contribution in [0.3, 0.4) is 0 Å². The molecule has 0 aliphatic rings. The summed E-state index contributed by atoms with van der Waals surface area (Å²) in [5, 5.41) is 4.05. The number of nitrogens with zero attached hydrogens (tertiary/aromatic N) is 3. The van der Waals surface area contributed by atoms with Gasteiger partial charge in [-0.15, -0.1) is 0 Å². The molecule has 3 aromatic rings. The summed E-state index contributed by atoms with van der Waals surface area (Å²) in [6.07, 6.45) is 1.40. The predicted molar refractivity (Wildman–Crippen MR) is 111 cm³/mol. The first-order chi connectivity index (χ1) is 14.2. The smallest absolute Gasteiger partial charge is 0.248 e. The summed E-state index contributed by atoms with van der Waals surface area (Å²) in [5.41, 5.74) is 3.15. The van der Waals surface area contributed by atoms with Crippen LogP contribution >= 0.6 is 0 Å². The Morgan fingerprint density at radius 1 is 1.07 bits per heavy atom. The molecule has 0 N–H and O–H groups in total. The van der Waals surface area contributed by atoms with Crippen LogP contribution in [0.15, 0.2) is 59.1 Å². The number of benzene rings is 2. The van der Waals surface area contributed by atoms with Crippen molar-refractivity contribution in [2.24, 2.45) is 0 Å². The Bertz CT molecular complexity index is 891. The van der Waals surface area contributed by atoms with E-state index in [2.05, 4.69) is 10.1 Å². The molecule has 0 aliphatic carbocycles. The molecular formula is C23H27N3O3. The molecule has 0 saturated carbocycles. The molecule has 0 bridgehead atoms. The van der Waals surface area contributed by atoms with Gasteiger partial charge in [-0.25, -0.2) is 0 Å². The molecule has 1 heterocycles. The summed E-state index contributed by atoms with van der Waals surface area (Å²) in [7, 11) is 0. The third-order valence-electron chi connectivity index (χ3n) is 4.56. The number of rotatable bonds is 10. The molecule has 6 heteroatoms. The summed E-state index contributed by atoms with van der Waals surface area (Å²) in [6.45, 7) is 5.77. The Labute approximate surface area is 171 Å². The number of ether oxygens (including phenoxy) is 1. The maximum absolute atomic E-state index is 12.5. The highest BCUT2D eigenvalue weighted by Crippen LogP contribution is 2.16. The second-order valence-electron chi connectivity index (χ2n) is 6.99. The van der Waals surface area contributed by atoms with E-state index in [9.17, 15) is 4.79 Å². The van der Waals surface area contributed by atoms with Crippen molar-refractivity contribution in [1.82, 2.24) is 15.0 Å². The molecule has 0 saturated heterocycles. The Hall–Kier alpha value is -2.99. The predicted octanol–water partition coefficient (Wildman–Crippen LogP) is 4.04. The van der Waals surface area contributed by atoms with Gasteiger partial charge in [0.15, 0.2) is 0 Å². The van der Waals surface area contributed by atoms with E-state index in [0.29, 0.717) is 37.8 Å². The number of aryl methyl sites for hydroxylation is 1. The maximum atomic E-state index is 12.5. The van der Waals surface area contributed by atoms with Crippen LogP contribution in [0.25, 0.3) is 11.4 Å². The lowest BCUT2D eigenvalue weighted by Gasteiger charge is -2.21. The fraction of sp³-hybridized carbons (Fsp3) is 0.348. The molecule has 6 nitrogen and oxygen atoms in total. The van der Waals surface area contributed by atoms with Crippen molar-refractivity contribution in [3.63, 3.8) is 0 Å². The summed E-state index contributed by atoms with van der Waals surface area (Å²) in [5.74, 6) is 1.07. The van der Waals surface area contributed by atoms with Crippen LogP contribution in [0, 0.1) is 6.92 Å². The fourth-order valence-electron chi connectivity index (χ4n) is 2.96. The van der Waals surface area contributed by atoms with Crippen LogP contribution < -0.4 is 0 Å². The molecule has 3 rings (SSSR count). The molecular weight excluding hydrogens is 366 g/mol. The van der Waals surface area contributed by atoms with Crippen molar-refractivity contribution in [3.8, 4) is 11.4 Å². The van der Waals surface area contributed by atoms with Crippen LogP contribution in [0.5, 0.6) is 0 Å². The fourth-order valence-corrected chi connectivity index (χ4v) is 2.96. The molecule has 0 fully saturated rings. The van der Waals surface area contributed by atoms with Crippen LogP contribution in [-0.4, -0.2) is 40.6 Å². The van der Waals surface area contributed by atoms with E-state index in [1.54, 1.807) is 4.90 Å². The Morgan fingerprint density at radius 3 is 2.55 bits per heavy atom. The molecule has 152 valence electrons. The van der Waals surface area contributed by atoms with Gasteiger partial charge in [0.05, 0.1) is 6.61 Å². The molecule has 0 aliphatic heterocycles. The third kappa shape index (κ3) is 6.26. The highest BCUT2D eigenvalue weighted by Gasteiger charge is 2.15. The average Bonchev–Trinajstić information content (AvgIpc) is 3.21. The summed E-state index contributed by atoms with van der Waals surface area (Å²) >= 11 is 0. The van der Waals surface area contributed by atoms with Crippen molar-refractivity contribution >= 4 is 5.91 Å². The van der Waals surface area contributed by atoms with Gasteiger partial charge in [-0.1, -0.05) is 72.2 Å². The van der Waals surface area contributed by atoms with Gasteiger partial charge in [0, 0.05) is 25.1 Å². The minimum Gasteiger partial charge on any atom is -0.367 e. The van der Waals surface area contributed by atoms with Gasteiger partial charge in [0.25, 0.3) is 0 Å². The summed E-state index contributed by atoms with van der Waals surface area (Å²) < 4.78 is 11.0. The van der Waals surface area contributed by atoms with E-state index in [1.165, 1.54) is 5.56 Å². The summed E-state index contributed by atoms with van der Waals surface area (Å²) in [6, 6.07) is 17.8. The summed E-state index contributed by atoms with van der Waals surface area (Å²) in [4.78, 5) is 18.8. The number of carbonyl (C=O) groups is 1. The van der Waals surface area contributed by atoms with Gasteiger partial charge < -0.3 is 14.2 Å². The first kappa shape index (κ1) is 20.7. The van der Waals surface area contributed by atoms with Gasteiger partial charge in [-0.2, -0.15) is 4.98 Å². The van der Waals surface area contributed by atoms with Crippen LogP contribution in [0.1, 0.15) is 30.4 Å². The van der Waals surface area contributed by atoms with Crippen molar-refractivity contribution in [3.05, 3.63) is 71.6 Å². The highest BCUT2D eigenvalue weighted by molar-refractivity contribution is 5.77. The monoisotopic (exact) mass is 393 g/mol. The molecule has 0 spiro atoms. The average molecular weight is 393 g/mol. The third-order valence-corrected chi connectivity index (χ3v) is 4.56. The largest absolute Gasteiger partial charge is 0.367 e. The van der Waals surface area contributed by atoms with Crippen molar-refractivity contribution in [1.29, 1.82) is 0 Å². The van der Waals surface area contributed by atoms with Crippen molar-refractivity contribution in [2.75, 3.05) is 19.7 Å². The van der Waals surface area contributed by atoms with Crippen molar-refractivity contribution < 1.29 is 14.1 Å². The first-order valence-corrected chi connectivity index (χ1v) is 9.94. The number of amides is 1. The zero-order valence-corrected chi connectivity index (χ0v) is 17.0. The molecule has 1 amide bonds. The minimum atomic E-state index is -0.0268. The lowest BCUT2D eigenvalue weighted by molar-refractivity contribution is -0.136. The molecule has 0 unspecified atom stereocenters. The molecule has 2 aromatic carbocycles. The van der Waals surface area contributed by atoms with E-state index < -0.39 is 0 Å². The highest BCUT2D eigenvalue weighted by atomic mass is 16.5. The Kier molecular flexibility index (Phi) is 7.53. The van der Waals surface area contributed by atoms with E-state index in [4.69, 9.17) is 9.26 Å². The minimum absolute atomic E-state index is 0.0268. The zero-order chi connectivity index (χ0) is 20.5. The van der Waals surface area contributed by atoms with Crippen LogP contribution in [-0.2, 0) is 22.6 Å². The van der Waals surface area contributed by atoms with Gasteiger partial charge in [-0.05, 0) is 18.9 Å². The normalized spacial score (nSPS) is 10.8. The second-order valence-corrected chi connectivity index (χ2v) is 6.99. The van der Waals surface area contributed by atoms with Gasteiger partial charge in [0.2, 0.25) is 17.6 Å². The topological polar surface area (TPSA) is 68.5 Å². The van der Waals surface area contributed by atoms with Crippen LogP contribution in [0.4, 0.5) is 0 Å².